The van der Waals surface area contributed by atoms with Crippen LogP contribution in [0.1, 0.15) is 23.6 Å². The van der Waals surface area contributed by atoms with Gasteiger partial charge in [0, 0.05) is 20.5 Å². The van der Waals surface area contributed by atoms with E-state index >= 15 is 0 Å². The maximum atomic E-state index is 13.3. The molecule has 0 spiro atoms. The van der Waals surface area contributed by atoms with Crippen molar-refractivity contribution in [1.82, 2.24) is 9.80 Å². The van der Waals surface area contributed by atoms with Crippen molar-refractivity contribution in [3.05, 3.63) is 70.9 Å². The number of amides is 2. The molecule has 160 valence electrons. The highest BCUT2D eigenvalue weighted by Gasteiger charge is 2.48. The Morgan fingerprint density at radius 1 is 1.16 bits per heavy atom. The van der Waals surface area contributed by atoms with Gasteiger partial charge in [-0.1, -0.05) is 30.3 Å². The summed E-state index contributed by atoms with van der Waals surface area (Å²) in [6, 6.07) is 15.1. The monoisotopic (exact) mass is 425 g/mol. The van der Waals surface area contributed by atoms with Gasteiger partial charge in [0.1, 0.15) is 17.0 Å². The van der Waals surface area contributed by atoms with Gasteiger partial charge in [0.25, 0.3) is 11.8 Å². The maximum Gasteiger partial charge on any atom is 0.387 e. The molecule has 8 heteroatoms. The first kappa shape index (κ1) is 22.0. The molecule has 0 aromatic heterocycles. The number of hydrogen-bond acceptors (Lipinski definition) is 4. The van der Waals surface area contributed by atoms with Gasteiger partial charge >= 0.3 is 6.61 Å². The zero-order valence-corrected chi connectivity index (χ0v) is 17.3. The Labute approximate surface area is 178 Å². The highest BCUT2D eigenvalue weighted by Crippen LogP contribution is 2.32. The molecule has 1 atom stereocenters. The van der Waals surface area contributed by atoms with Gasteiger partial charge in [0.15, 0.2) is 0 Å². The quantitative estimate of drug-likeness (QED) is 0.688. The number of benzene rings is 2. The number of hydrogen-bond donors (Lipinski definition) is 0. The summed E-state index contributed by atoms with van der Waals surface area (Å²) >= 11 is 0. The fourth-order valence-corrected chi connectivity index (χ4v) is 3.59. The maximum absolute atomic E-state index is 13.3. The molecule has 1 heterocycles. The summed E-state index contributed by atoms with van der Waals surface area (Å²) < 4.78 is 29.5. The number of rotatable bonds is 5. The number of carbonyl (C=O) groups is 2. The van der Waals surface area contributed by atoms with Crippen molar-refractivity contribution in [3.8, 4) is 11.8 Å². The first-order chi connectivity index (χ1) is 14.7. The van der Waals surface area contributed by atoms with Crippen molar-refractivity contribution in [2.75, 3.05) is 14.1 Å². The lowest BCUT2D eigenvalue weighted by molar-refractivity contribution is -0.155. The summed E-state index contributed by atoms with van der Waals surface area (Å²) in [5.41, 5.74) is 0.182. The van der Waals surface area contributed by atoms with Gasteiger partial charge in [-0.15, -0.1) is 0 Å². The van der Waals surface area contributed by atoms with Crippen molar-refractivity contribution in [2.45, 2.75) is 25.5 Å². The minimum atomic E-state index is -3.03. The summed E-state index contributed by atoms with van der Waals surface area (Å²) in [4.78, 5) is 29.1. The van der Waals surface area contributed by atoms with E-state index in [1.54, 1.807) is 14.0 Å². The molecule has 2 amide bonds. The third-order valence-electron chi connectivity index (χ3n) is 5.44. The Kier molecular flexibility index (Phi) is 6.07. The Balaban J connectivity index is 2.00. The minimum absolute atomic E-state index is 0.0312. The molecule has 3 rings (SSSR count). The van der Waals surface area contributed by atoms with Gasteiger partial charge in [-0.25, -0.2) is 0 Å². The highest BCUT2D eigenvalue weighted by molar-refractivity contribution is 6.08. The van der Waals surface area contributed by atoms with Crippen LogP contribution in [0.5, 0.6) is 5.75 Å². The second-order valence-electron chi connectivity index (χ2n) is 7.43. The summed E-state index contributed by atoms with van der Waals surface area (Å²) in [6.45, 7) is -1.33. The van der Waals surface area contributed by atoms with Crippen LogP contribution in [-0.4, -0.2) is 47.9 Å². The van der Waals surface area contributed by atoms with Crippen LogP contribution >= 0.6 is 0 Å². The van der Waals surface area contributed by atoms with Gasteiger partial charge in [0.2, 0.25) is 0 Å². The van der Waals surface area contributed by atoms with E-state index < -0.39 is 18.1 Å². The number of nitriles is 1. The van der Waals surface area contributed by atoms with Crippen molar-refractivity contribution in [3.63, 3.8) is 0 Å². The van der Waals surface area contributed by atoms with Gasteiger partial charge in [0.05, 0.1) is 11.6 Å². The van der Waals surface area contributed by atoms with E-state index in [9.17, 15) is 23.6 Å². The molecule has 2 aromatic carbocycles. The van der Waals surface area contributed by atoms with Crippen molar-refractivity contribution >= 4 is 17.9 Å². The lowest BCUT2D eigenvalue weighted by Gasteiger charge is -2.45. The van der Waals surface area contributed by atoms with Crippen molar-refractivity contribution in [2.24, 2.45) is 0 Å². The zero-order valence-electron chi connectivity index (χ0n) is 17.3. The third kappa shape index (κ3) is 4.26. The van der Waals surface area contributed by atoms with E-state index in [-0.39, 0.29) is 28.5 Å². The summed E-state index contributed by atoms with van der Waals surface area (Å²) in [5, 5.41) is 9.36. The molecule has 1 unspecified atom stereocenters. The Bertz CT molecular complexity index is 1080. The van der Waals surface area contributed by atoms with E-state index in [0.29, 0.717) is 6.42 Å². The molecule has 0 bridgehead atoms. The van der Waals surface area contributed by atoms with E-state index in [4.69, 9.17) is 0 Å². The molecule has 1 aliphatic rings. The molecule has 0 saturated carbocycles. The average molecular weight is 425 g/mol. The number of piperazine rings is 1. The fourth-order valence-electron chi connectivity index (χ4n) is 3.59. The molecule has 1 saturated heterocycles. The van der Waals surface area contributed by atoms with Gasteiger partial charge in [-0.05, 0) is 42.3 Å². The lowest BCUT2D eigenvalue weighted by atomic mass is 9.87. The van der Waals surface area contributed by atoms with E-state index in [2.05, 4.69) is 4.74 Å². The third-order valence-corrected chi connectivity index (χ3v) is 5.44. The van der Waals surface area contributed by atoms with Gasteiger partial charge in [-0.3, -0.25) is 9.59 Å². The Hall–Kier alpha value is -3.73. The van der Waals surface area contributed by atoms with Crippen molar-refractivity contribution < 1.29 is 23.1 Å². The molecular formula is C23H21F2N3O3. The van der Waals surface area contributed by atoms with Crippen LogP contribution in [0.25, 0.3) is 6.08 Å². The largest absolute Gasteiger partial charge is 0.435 e. The van der Waals surface area contributed by atoms with Gasteiger partial charge in [-0.2, -0.15) is 14.0 Å². The van der Waals surface area contributed by atoms with Crippen LogP contribution in [0, 0.1) is 11.3 Å². The van der Waals surface area contributed by atoms with Crippen molar-refractivity contribution in [1.29, 1.82) is 5.26 Å². The number of alkyl halides is 2. The number of nitrogens with zero attached hydrogens (tertiary/aromatic N) is 3. The minimum Gasteiger partial charge on any atom is -0.435 e. The number of halogens is 2. The predicted octanol–water partition coefficient (Wildman–Crippen LogP) is 3.43. The number of ether oxygens (including phenoxy) is 1. The topological polar surface area (TPSA) is 73.6 Å². The van der Waals surface area contributed by atoms with Crippen LogP contribution in [0.3, 0.4) is 0 Å². The van der Waals surface area contributed by atoms with E-state index in [1.807, 2.05) is 36.4 Å². The summed E-state index contributed by atoms with van der Waals surface area (Å²) in [6.07, 6.45) is 1.67. The Morgan fingerprint density at radius 2 is 1.84 bits per heavy atom. The normalized spacial score (nSPS) is 20.4. The molecule has 31 heavy (non-hydrogen) atoms. The summed E-state index contributed by atoms with van der Waals surface area (Å²) in [5.74, 6) is -0.881. The Morgan fingerprint density at radius 3 is 2.45 bits per heavy atom. The smallest absolute Gasteiger partial charge is 0.387 e. The highest BCUT2D eigenvalue weighted by atomic mass is 19.3. The lowest BCUT2D eigenvalue weighted by Crippen LogP contribution is -2.64. The molecule has 1 fully saturated rings. The van der Waals surface area contributed by atoms with Gasteiger partial charge < -0.3 is 14.5 Å². The molecule has 6 nitrogen and oxygen atoms in total. The van der Waals surface area contributed by atoms with Crippen LogP contribution < -0.4 is 4.74 Å². The second-order valence-corrected chi connectivity index (χ2v) is 7.43. The molecule has 0 N–H and O–H groups in total. The number of likely N-dealkylation sites (N-methyl/N-ethyl adjacent to an activating group) is 2. The predicted molar refractivity (Wildman–Crippen MR) is 110 cm³/mol. The fraction of sp³-hybridized carbons (Fsp3) is 0.261. The number of carbonyl (C=O) groups excluding carboxylic acids is 2. The first-order valence-corrected chi connectivity index (χ1v) is 9.48. The van der Waals surface area contributed by atoms with Crippen LogP contribution in [0.15, 0.2) is 54.2 Å². The molecule has 0 radical (unpaired) electrons. The standard InChI is InChI=1S/C23H21F2N3O3/c1-23(13-15-7-5-4-6-8-15)21(30)27(2)19(20(29)28(23)3)12-17-11-18(31-22(24)25)10-9-16(17)14-26/h4-12,22H,13H2,1-3H3. The van der Waals surface area contributed by atoms with Crippen LogP contribution in [0.4, 0.5) is 8.78 Å². The first-order valence-electron chi connectivity index (χ1n) is 9.48. The SMILES string of the molecule is CN1C(=O)C(C)(Cc2ccccc2)N(C)C(=O)C1=Cc1cc(OC(F)F)ccc1C#N. The van der Waals surface area contributed by atoms with Crippen LogP contribution in [0.2, 0.25) is 0 Å². The summed E-state index contributed by atoms with van der Waals surface area (Å²) in [7, 11) is 3.03. The molecule has 0 aliphatic carbocycles. The second kappa shape index (κ2) is 8.56. The molecular weight excluding hydrogens is 404 g/mol. The van der Waals surface area contributed by atoms with E-state index in [1.165, 1.54) is 41.1 Å². The van der Waals surface area contributed by atoms with E-state index in [0.717, 1.165) is 5.56 Å². The molecule has 2 aromatic rings. The average Bonchev–Trinajstić information content (AvgIpc) is 2.75. The molecule has 1 aliphatic heterocycles. The van der Waals surface area contributed by atoms with Crippen LogP contribution in [-0.2, 0) is 16.0 Å². The zero-order chi connectivity index (χ0) is 22.8.